The fourth-order valence-electron chi connectivity index (χ4n) is 4.39. The van der Waals surface area contributed by atoms with Crippen molar-refractivity contribution in [2.45, 2.75) is 25.8 Å². The van der Waals surface area contributed by atoms with Crippen molar-refractivity contribution < 1.29 is 4.79 Å². The molecular weight excluding hydrogens is 340 g/mol. The Hall–Kier alpha value is -2.41. The number of anilines is 2. The summed E-state index contributed by atoms with van der Waals surface area (Å²) >= 11 is 0. The van der Waals surface area contributed by atoms with Crippen molar-refractivity contribution >= 4 is 17.3 Å². The van der Waals surface area contributed by atoms with E-state index >= 15 is 0 Å². The number of amides is 1. The molecule has 2 aromatic rings. The van der Waals surface area contributed by atoms with E-state index in [1.54, 1.807) is 10.9 Å². The van der Waals surface area contributed by atoms with Crippen LogP contribution in [0.5, 0.6) is 0 Å². The van der Waals surface area contributed by atoms with E-state index in [2.05, 4.69) is 39.8 Å². The largest absolute Gasteiger partial charge is 0.368 e. The SMILES string of the molecule is CC(C)CN1CC(=O)N(c2cnn(C)c2)CC12CCN(c1cccnc1)C2. The van der Waals surface area contributed by atoms with Crippen molar-refractivity contribution in [2.24, 2.45) is 13.0 Å². The summed E-state index contributed by atoms with van der Waals surface area (Å²) in [5.74, 6) is 0.682. The van der Waals surface area contributed by atoms with Crippen LogP contribution in [0.2, 0.25) is 0 Å². The predicted molar refractivity (Wildman–Crippen MR) is 106 cm³/mol. The van der Waals surface area contributed by atoms with Gasteiger partial charge in [0.15, 0.2) is 0 Å². The van der Waals surface area contributed by atoms with Gasteiger partial charge in [0, 0.05) is 45.6 Å². The van der Waals surface area contributed by atoms with Gasteiger partial charge in [-0.3, -0.25) is 19.4 Å². The third kappa shape index (κ3) is 3.43. The molecule has 1 spiro atoms. The lowest BCUT2D eigenvalue weighted by Gasteiger charge is -2.48. The van der Waals surface area contributed by atoms with E-state index < -0.39 is 0 Å². The molecule has 0 radical (unpaired) electrons. The summed E-state index contributed by atoms with van der Waals surface area (Å²) in [4.78, 5) is 23.9. The highest BCUT2D eigenvalue weighted by Gasteiger charge is 2.49. The van der Waals surface area contributed by atoms with Gasteiger partial charge in [0.2, 0.25) is 5.91 Å². The highest BCUT2D eigenvalue weighted by atomic mass is 16.2. The van der Waals surface area contributed by atoms with Crippen LogP contribution in [0.25, 0.3) is 0 Å². The fourth-order valence-corrected chi connectivity index (χ4v) is 4.39. The molecule has 0 aliphatic carbocycles. The topological polar surface area (TPSA) is 57.5 Å². The second kappa shape index (κ2) is 6.96. The second-order valence-corrected chi connectivity index (χ2v) is 8.23. The standard InChI is InChI=1S/C20H28N6O/c1-16(2)11-25-13-19(27)26(18-10-22-23(3)12-18)15-20(25)6-8-24(14-20)17-5-4-7-21-9-17/h4-5,7,9-10,12,16H,6,8,11,13-15H2,1-3H3. The summed E-state index contributed by atoms with van der Waals surface area (Å²) in [6.45, 7) is 8.45. The maximum absolute atomic E-state index is 12.9. The average molecular weight is 368 g/mol. The summed E-state index contributed by atoms with van der Waals surface area (Å²) in [7, 11) is 1.89. The van der Waals surface area contributed by atoms with Crippen LogP contribution >= 0.6 is 0 Å². The van der Waals surface area contributed by atoms with Gasteiger partial charge in [0.1, 0.15) is 0 Å². The number of hydrogen-bond donors (Lipinski definition) is 0. The molecule has 4 rings (SSSR count). The summed E-state index contributed by atoms with van der Waals surface area (Å²) in [6, 6.07) is 4.10. The van der Waals surface area contributed by atoms with Crippen LogP contribution in [0.4, 0.5) is 11.4 Å². The van der Waals surface area contributed by atoms with Gasteiger partial charge in [0.25, 0.3) is 0 Å². The minimum atomic E-state index is -0.0378. The summed E-state index contributed by atoms with van der Waals surface area (Å²) in [5.41, 5.74) is 2.01. The molecule has 7 nitrogen and oxygen atoms in total. The highest BCUT2D eigenvalue weighted by Crippen LogP contribution is 2.36. The zero-order valence-electron chi connectivity index (χ0n) is 16.4. The third-order valence-corrected chi connectivity index (χ3v) is 5.68. The van der Waals surface area contributed by atoms with E-state index in [0.717, 1.165) is 37.4 Å². The molecule has 0 saturated carbocycles. The number of nitrogens with zero attached hydrogens (tertiary/aromatic N) is 6. The molecular formula is C20H28N6O. The van der Waals surface area contributed by atoms with Gasteiger partial charge in [-0.2, -0.15) is 5.10 Å². The highest BCUT2D eigenvalue weighted by molar-refractivity contribution is 5.95. The van der Waals surface area contributed by atoms with E-state index in [1.165, 1.54) is 0 Å². The lowest BCUT2D eigenvalue weighted by Crippen LogP contribution is -2.66. The van der Waals surface area contributed by atoms with Crippen LogP contribution in [0.3, 0.4) is 0 Å². The van der Waals surface area contributed by atoms with Gasteiger partial charge in [-0.1, -0.05) is 13.8 Å². The minimum Gasteiger partial charge on any atom is -0.368 e. The van der Waals surface area contributed by atoms with Crippen LogP contribution in [-0.4, -0.2) is 63.8 Å². The number of hydrogen-bond acceptors (Lipinski definition) is 5. The van der Waals surface area contributed by atoms with E-state index in [9.17, 15) is 4.79 Å². The number of rotatable bonds is 4. The zero-order chi connectivity index (χ0) is 19.0. The molecule has 2 aliphatic rings. The molecule has 2 aromatic heterocycles. The van der Waals surface area contributed by atoms with Gasteiger partial charge in [-0.05, 0) is 24.5 Å². The maximum atomic E-state index is 12.9. The van der Waals surface area contributed by atoms with E-state index in [-0.39, 0.29) is 11.4 Å². The van der Waals surface area contributed by atoms with Crippen LogP contribution in [0.15, 0.2) is 36.9 Å². The van der Waals surface area contributed by atoms with Crippen LogP contribution in [0, 0.1) is 5.92 Å². The average Bonchev–Trinajstić information content (AvgIpc) is 3.26. The molecule has 1 amide bonds. The molecule has 2 fully saturated rings. The van der Waals surface area contributed by atoms with E-state index in [0.29, 0.717) is 19.0 Å². The third-order valence-electron chi connectivity index (χ3n) is 5.68. The summed E-state index contributed by atoms with van der Waals surface area (Å²) in [5, 5.41) is 4.26. The Morgan fingerprint density at radius 3 is 2.74 bits per heavy atom. The Morgan fingerprint density at radius 2 is 2.07 bits per heavy atom. The molecule has 0 aromatic carbocycles. The second-order valence-electron chi connectivity index (χ2n) is 8.23. The Balaban J connectivity index is 1.63. The molecule has 2 saturated heterocycles. The van der Waals surface area contributed by atoms with Crippen molar-refractivity contribution in [3.8, 4) is 0 Å². The van der Waals surface area contributed by atoms with Crippen LogP contribution < -0.4 is 9.80 Å². The lowest BCUT2D eigenvalue weighted by atomic mass is 9.91. The molecule has 27 heavy (non-hydrogen) atoms. The molecule has 7 heteroatoms. The summed E-state index contributed by atoms with van der Waals surface area (Å²) in [6.07, 6.45) is 8.50. The Morgan fingerprint density at radius 1 is 1.22 bits per heavy atom. The first-order valence-corrected chi connectivity index (χ1v) is 9.66. The fraction of sp³-hybridized carbons (Fsp3) is 0.550. The quantitative estimate of drug-likeness (QED) is 0.823. The Kier molecular flexibility index (Phi) is 4.63. The number of aromatic nitrogens is 3. The normalized spacial score (nSPS) is 23.8. The van der Waals surface area contributed by atoms with E-state index in [1.807, 2.05) is 36.6 Å². The number of piperazine rings is 1. The van der Waals surface area contributed by atoms with Crippen LogP contribution in [-0.2, 0) is 11.8 Å². The maximum Gasteiger partial charge on any atom is 0.241 e. The lowest BCUT2D eigenvalue weighted by molar-refractivity contribution is -0.124. The van der Waals surface area contributed by atoms with E-state index in [4.69, 9.17) is 0 Å². The zero-order valence-corrected chi connectivity index (χ0v) is 16.4. The number of carbonyl (C=O) groups excluding carboxylic acids is 1. The van der Waals surface area contributed by atoms with Crippen molar-refractivity contribution in [3.05, 3.63) is 36.9 Å². The first kappa shape index (κ1) is 18.0. The Labute approximate surface area is 160 Å². The molecule has 4 heterocycles. The Bertz CT molecular complexity index is 804. The van der Waals surface area contributed by atoms with Crippen molar-refractivity contribution in [1.29, 1.82) is 0 Å². The van der Waals surface area contributed by atoms with Gasteiger partial charge < -0.3 is 9.80 Å². The summed E-state index contributed by atoms with van der Waals surface area (Å²) < 4.78 is 1.76. The monoisotopic (exact) mass is 368 g/mol. The van der Waals surface area contributed by atoms with Crippen molar-refractivity contribution in [2.75, 3.05) is 42.5 Å². The molecule has 1 atom stereocenters. The van der Waals surface area contributed by atoms with Gasteiger partial charge in [-0.25, -0.2) is 0 Å². The first-order valence-electron chi connectivity index (χ1n) is 9.66. The molecule has 1 unspecified atom stereocenters. The molecule has 0 bridgehead atoms. The number of carbonyl (C=O) groups is 1. The van der Waals surface area contributed by atoms with Crippen LogP contribution in [0.1, 0.15) is 20.3 Å². The molecule has 2 aliphatic heterocycles. The van der Waals surface area contributed by atoms with Crippen molar-refractivity contribution in [1.82, 2.24) is 19.7 Å². The molecule has 144 valence electrons. The predicted octanol–water partition coefficient (Wildman–Crippen LogP) is 1.77. The van der Waals surface area contributed by atoms with Gasteiger partial charge in [0.05, 0.1) is 35.9 Å². The number of aryl methyl sites for hydroxylation is 1. The van der Waals surface area contributed by atoms with Gasteiger partial charge in [-0.15, -0.1) is 0 Å². The van der Waals surface area contributed by atoms with Crippen molar-refractivity contribution in [3.63, 3.8) is 0 Å². The number of pyridine rings is 1. The first-order chi connectivity index (χ1) is 13.0. The van der Waals surface area contributed by atoms with Gasteiger partial charge >= 0.3 is 0 Å². The molecule has 0 N–H and O–H groups in total. The smallest absolute Gasteiger partial charge is 0.241 e. The minimum absolute atomic E-state index is 0.0378.